The van der Waals surface area contributed by atoms with Crippen LogP contribution in [-0.4, -0.2) is 48.7 Å². The minimum atomic E-state index is -0.803. The van der Waals surface area contributed by atoms with Crippen molar-refractivity contribution < 1.29 is 23.9 Å². The maximum atomic E-state index is 12.6. The first-order valence-corrected chi connectivity index (χ1v) is 11.6. The Morgan fingerprint density at radius 1 is 1.00 bits per heavy atom. The monoisotopic (exact) mass is 464 g/mol. The standard InChI is InChI=1S/C24H40N4O5/c1-24(2,3)33-22(30)20(28-21(29)19(26)13-7-9-15-25)14-8-10-16-27-23(31)32-17-18-11-5-4-6-12-18/h4-6,11-12,19-20H,7-10,13-17,25-26H2,1-3H3,(H,27,31)(H,28,29)/t19-,20-/m0/s1. The second-order valence-electron chi connectivity index (χ2n) is 8.97. The van der Waals surface area contributed by atoms with Crippen molar-refractivity contribution in [3.05, 3.63) is 35.9 Å². The molecule has 0 aliphatic rings. The Balaban J connectivity index is 2.43. The maximum Gasteiger partial charge on any atom is 0.407 e. The largest absolute Gasteiger partial charge is 0.458 e. The van der Waals surface area contributed by atoms with Crippen LogP contribution in [0.3, 0.4) is 0 Å². The second-order valence-corrected chi connectivity index (χ2v) is 8.97. The molecule has 0 bridgehead atoms. The second kappa shape index (κ2) is 15.2. The van der Waals surface area contributed by atoms with Gasteiger partial charge in [-0.25, -0.2) is 9.59 Å². The molecule has 0 radical (unpaired) electrons. The maximum absolute atomic E-state index is 12.6. The van der Waals surface area contributed by atoms with E-state index in [4.69, 9.17) is 20.9 Å². The molecule has 186 valence electrons. The van der Waals surface area contributed by atoms with Crippen molar-refractivity contribution in [2.45, 2.75) is 83.6 Å². The van der Waals surface area contributed by atoms with Gasteiger partial charge in [0.2, 0.25) is 5.91 Å². The van der Waals surface area contributed by atoms with Crippen LogP contribution in [0, 0.1) is 0 Å². The van der Waals surface area contributed by atoms with Crippen LogP contribution in [0.4, 0.5) is 4.79 Å². The van der Waals surface area contributed by atoms with E-state index in [1.807, 2.05) is 30.3 Å². The van der Waals surface area contributed by atoms with Crippen molar-refractivity contribution in [1.82, 2.24) is 10.6 Å². The van der Waals surface area contributed by atoms with Crippen LogP contribution in [0.2, 0.25) is 0 Å². The Morgan fingerprint density at radius 3 is 2.30 bits per heavy atom. The van der Waals surface area contributed by atoms with Crippen LogP contribution >= 0.6 is 0 Å². The van der Waals surface area contributed by atoms with Crippen LogP contribution < -0.4 is 22.1 Å². The molecule has 6 N–H and O–H groups in total. The number of carbonyl (C=O) groups excluding carboxylic acids is 3. The lowest BCUT2D eigenvalue weighted by atomic mass is 10.1. The van der Waals surface area contributed by atoms with Crippen molar-refractivity contribution >= 4 is 18.0 Å². The quantitative estimate of drug-likeness (QED) is 0.244. The molecule has 0 saturated carbocycles. The van der Waals surface area contributed by atoms with Gasteiger partial charge in [-0.1, -0.05) is 36.8 Å². The lowest BCUT2D eigenvalue weighted by Crippen LogP contribution is -2.50. The SMILES string of the molecule is CC(C)(C)OC(=O)[C@H](CCCCNC(=O)OCc1ccccc1)NC(=O)[C@@H](N)CCCCN. The molecule has 1 rings (SSSR count). The van der Waals surface area contributed by atoms with Crippen LogP contribution in [0.15, 0.2) is 30.3 Å². The van der Waals surface area contributed by atoms with Gasteiger partial charge in [0.1, 0.15) is 18.2 Å². The molecule has 1 aromatic carbocycles. The van der Waals surface area contributed by atoms with E-state index in [0.717, 1.165) is 18.4 Å². The zero-order valence-corrected chi connectivity index (χ0v) is 20.1. The van der Waals surface area contributed by atoms with E-state index in [9.17, 15) is 14.4 Å². The smallest absolute Gasteiger partial charge is 0.407 e. The molecule has 2 amide bonds. The fourth-order valence-electron chi connectivity index (χ4n) is 2.98. The highest BCUT2D eigenvalue weighted by Crippen LogP contribution is 2.12. The van der Waals surface area contributed by atoms with Crippen LogP contribution in [0.1, 0.15) is 64.9 Å². The van der Waals surface area contributed by atoms with Gasteiger partial charge in [-0.2, -0.15) is 0 Å². The van der Waals surface area contributed by atoms with Crippen molar-refractivity contribution in [1.29, 1.82) is 0 Å². The summed E-state index contributed by atoms with van der Waals surface area (Å²) in [5.74, 6) is -0.884. The molecule has 33 heavy (non-hydrogen) atoms. The van der Waals surface area contributed by atoms with E-state index < -0.39 is 29.7 Å². The average molecular weight is 465 g/mol. The summed E-state index contributed by atoms with van der Waals surface area (Å²) in [6.07, 6.45) is 3.10. The summed E-state index contributed by atoms with van der Waals surface area (Å²) < 4.78 is 10.6. The first-order valence-electron chi connectivity index (χ1n) is 11.6. The third kappa shape index (κ3) is 13.5. The molecule has 0 saturated heterocycles. The Morgan fingerprint density at radius 2 is 1.67 bits per heavy atom. The fraction of sp³-hybridized carbons (Fsp3) is 0.625. The van der Waals surface area contributed by atoms with Gasteiger partial charge in [0, 0.05) is 6.54 Å². The predicted molar refractivity (Wildman–Crippen MR) is 127 cm³/mol. The highest BCUT2D eigenvalue weighted by molar-refractivity contribution is 5.87. The Bertz CT molecular complexity index is 721. The van der Waals surface area contributed by atoms with Crippen molar-refractivity contribution in [3.63, 3.8) is 0 Å². The van der Waals surface area contributed by atoms with Gasteiger partial charge >= 0.3 is 12.1 Å². The summed E-state index contributed by atoms with van der Waals surface area (Å²) >= 11 is 0. The van der Waals surface area contributed by atoms with E-state index >= 15 is 0 Å². The minimum Gasteiger partial charge on any atom is -0.458 e. The van der Waals surface area contributed by atoms with Gasteiger partial charge < -0.3 is 31.6 Å². The molecule has 1 aromatic rings. The molecule has 0 unspecified atom stereocenters. The van der Waals surface area contributed by atoms with Gasteiger partial charge in [0.05, 0.1) is 6.04 Å². The molecule has 0 heterocycles. The van der Waals surface area contributed by atoms with E-state index in [2.05, 4.69) is 10.6 Å². The first kappa shape index (κ1) is 28.4. The van der Waals surface area contributed by atoms with E-state index in [-0.39, 0.29) is 12.5 Å². The summed E-state index contributed by atoms with van der Waals surface area (Å²) in [6, 6.07) is 7.90. The number of ether oxygens (including phenoxy) is 2. The number of carbonyl (C=O) groups is 3. The van der Waals surface area contributed by atoms with Gasteiger partial charge in [0.15, 0.2) is 0 Å². The van der Waals surface area contributed by atoms with Crippen molar-refractivity contribution in [2.75, 3.05) is 13.1 Å². The van der Waals surface area contributed by atoms with Crippen LogP contribution in [0.25, 0.3) is 0 Å². The van der Waals surface area contributed by atoms with E-state index in [0.29, 0.717) is 38.8 Å². The number of amides is 2. The fourth-order valence-corrected chi connectivity index (χ4v) is 2.98. The molecule has 0 aliphatic carbocycles. The number of nitrogens with two attached hydrogens (primary N) is 2. The molecule has 0 aliphatic heterocycles. The first-order chi connectivity index (χ1) is 15.6. The number of alkyl carbamates (subject to hydrolysis) is 1. The average Bonchev–Trinajstić information content (AvgIpc) is 2.76. The Hall–Kier alpha value is -2.65. The van der Waals surface area contributed by atoms with E-state index in [1.54, 1.807) is 20.8 Å². The van der Waals surface area contributed by atoms with Crippen LogP contribution in [-0.2, 0) is 25.7 Å². The Labute approximate surface area is 196 Å². The topological polar surface area (TPSA) is 146 Å². The lowest BCUT2D eigenvalue weighted by molar-refractivity contribution is -0.159. The number of benzene rings is 1. The summed E-state index contributed by atoms with van der Waals surface area (Å²) in [5.41, 5.74) is 11.7. The molecule has 2 atom stereocenters. The normalized spacial score (nSPS) is 13.0. The summed E-state index contributed by atoms with van der Waals surface area (Å²) in [6.45, 7) is 6.45. The zero-order chi connectivity index (χ0) is 24.7. The number of nitrogens with one attached hydrogen (secondary N) is 2. The zero-order valence-electron chi connectivity index (χ0n) is 20.1. The number of hydrogen-bond donors (Lipinski definition) is 4. The van der Waals surface area contributed by atoms with E-state index in [1.165, 1.54) is 0 Å². The summed E-state index contributed by atoms with van der Waals surface area (Å²) in [5, 5.41) is 5.41. The number of esters is 1. The van der Waals surface area contributed by atoms with Crippen molar-refractivity contribution in [3.8, 4) is 0 Å². The molecular weight excluding hydrogens is 424 g/mol. The molecule has 0 fully saturated rings. The Kier molecular flexibility index (Phi) is 13.1. The van der Waals surface area contributed by atoms with Gasteiger partial charge in [-0.05, 0) is 65.0 Å². The number of unbranched alkanes of at least 4 members (excludes halogenated alkanes) is 2. The molecule has 0 aromatic heterocycles. The summed E-state index contributed by atoms with van der Waals surface area (Å²) in [4.78, 5) is 36.8. The molecular formula is C24H40N4O5. The highest BCUT2D eigenvalue weighted by atomic mass is 16.6. The van der Waals surface area contributed by atoms with Crippen LogP contribution in [0.5, 0.6) is 0 Å². The molecule has 9 heteroatoms. The highest BCUT2D eigenvalue weighted by Gasteiger charge is 2.27. The summed E-state index contributed by atoms with van der Waals surface area (Å²) in [7, 11) is 0. The third-order valence-electron chi connectivity index (χ3n) is 4.72. The van der Waals surface area contributed by atoms with Crippen molar-refractivity contribution in [2.24, 2.45) is 11.5 Å². The molecule has 0 spiro atoms. The minimum absolute atomic E-state index is 0.199. The lowest BCUT2D eigenvalue weighted by Gasteiger charge is -2.25. The predicted octanol–water partition coefficient (Wildman–Crippen LogP) is 2.37. The number of rotatable bonds is 14. The molecule has 9 nitrogen and oxygen atoms in total. The van der Waals surface area contributed by atoms with Gasteiger partial charge in [0.25, 0.3) is 0 Å². The van der Waals surface area contributed by atoms with Gasteiger partial charge in [-0.3, -0.25) is 4.79 Å². The van der Waals surface area contributed by atoms with Gasteiger partial charge in [-0.15, -0.1) is 0 Å². The number of hydrogen-bond acceptors (Lipinski definition) is 7. The third-order valence-corrected chi connectivity index (χ3v) is 4.72.